The van der Waals surface area contributed by atoms with Gasteiger partial charge in [-0.1, -0.05) is 13.3 Å². The zero-order valence-electron chi connectivity index (χ0n) is 12.6. The van der Waals surface area contributed by atoms with Crippen LogP contribution in [0.1, 0.15) is 40.0 Å². The van der Waals surface area contributed by atoms with Gasteiger partial charge in [-0.15, -0.1) is 0 Å². The molecule has 3 atom stereocenters. The molecule has 1 aliphatic carbocycles. The topological polar surface area (TPSA) is 57.6 Å². The number of nitrogens with zero attached hydrogens (tertiary/aromatic N) is 1. The van der Waals surface area contributed by atoms with Gasteiger partial charge in [0.25, 0.3) is 0 Å². The lowest BCUT2D eigenvalue weighted by molar-refractivity contribution is -0.149. The van der Waals surface area contributed by atoms with Crippen molar-refractivity contribution in [2.45, 2.75) is 44.8 Å². The molecule has 1 saturated carbocycles. The Labute approximate surface area is 125 Å². The predicted molar refractivity (Wildman–Crippen MR) is 80.7 cm³/mol. The number of thioether (sulfide) groups is 1. The minimum atomic E-state index is -0.801. The standard InChI is InChI=1S/C15H25NO3S/c1-4-10-7-11(12(8-10)14(18)19)13(17)16-5-6-20-15(2,3)9-16/h10-12H,4-9H2,1-3H3,(H,18,19). The molecule has 114 valence electrons. The highest BCUT2D eigenvalue weighted by Gasteiger charge is 2.44. The molecule has 5 heteroatoms. The molecular formula is C15H25NO3S. The first kappa shape index (κ1) is 15.7. The Bertz CT molecular complexity index is 397. The fourth-order valence-electron chi connectivity index (χ4n) is 3.46. The van der Waals surface area contributed by atoms with Gasteiger partial charge in [0.2, 0.25) is 5.91 Å². The maximum Gasteiger partial charge on any atom is 0.307 e. The maximum absolute atomic E-state index is 12.7. The van der Waals surface area contributed by atoms with Crippen LogP contribution in [0.3, 0.4) is 0 Å². The van der Waals surface area contributed by atoms with Gasteiger partial charge < -0.3 is 10.0 Å². The van der Waals surface area contributed by atoms with Gasteiger partial charge in [-0.3, -0.25) is 9.59 Å². The van der Waals surface area contributed by atoms with Gasteiger partial charge in [0.05, 0.1) is 11.8 Å². The number of rotatable bonds is 3. The van der Waals surface area contributed by atoms with E-state index >= 15 is 0 Å². The van der Waals surface area contributed by atoms with Crippen LogP contribution in [-0.2, 0) is 9.59 Å². The van der Waals surface area contributed by atoms with Gasteiger partial charge in [0, 0.05) is 23.6 Å². The number of carbonyl (C=O) groups is 2. The second kappa shape index (κ2) is 5.96. The van der Waals surface area contributed by atoms with Gasteiger partial charge >= 0.3 is 5.97 Å². The summed E-state index contributed by atoms with van der Waals surface area (Å²) in [5.74, 6) is -0.189. The van der Waals surface area contributed by atoms with Crippen LogP contribution in [0.25, 0.3) is 0 Å². The summed E-state index contributed by atoms with van der Waals surface area (Å²) in [4.78, 5) is 26.0. The normalized spacial score (nSPS) is 33.1. The Morgan fingerprint density at radius 1 is 1.30 bits per heavy atom. The molecule has 1 amide bonds. The number of hydrogen-bond donors (Lipinski definition) is 1. The first-order valence-corrected chi connectivity index (χ1v) is 8.48. The molecule has 1 heterocycles. The zero-order chi connectivity index (χ0) is 14.9. The van der Waals surface area contributed by atoms with Crippen molar-refractivity contribution in [3.63, 3.8) is 0 Å². The number of amides is 1. The Kier molecular flexibility index (Phi) is 4.67. The molecule has 20 heavy (non-hydrogen) atoms. The molecule has 4 nitrogen and oxygen atoms in total. The van der Waals surface area contributed by atoms with Gasteiger partial charge in [-0.05, 0) is 32.6 Å². The maximum atomic E-state index is 12.7. The molecule has 1 aliphatic heterocycles. The third-order valence-electron chi connectivity index (χ3n) is 4.61. The van der Waals surface area contributed by atoms with Gasteiger partial charge in [0.15, 0.2) is 0 Å². The molecule has 3 unspecified atom stereocenters. The molecule has 0 aromatic rings. The summed E-state index contributed by atoms with van der Waals surface area (Å²) in [5.41, 5.74) is 0. The number of carboxylic acids is 1. The second-order valence-electron chi connectivity index (χ2n) is 6.66. The largest absolute Gasteiger partial charge is 0.481 e. The van der Waals surface area contributed by atoms with Gasteiger partial charge in [0.1, 0.15) is 0 Å². The van der Waals surface area contributed by atoms with Crippen molar-refractivity contribution in [3.05, 3.63) is 0 Å². The summed E-state index contributed by atoms with van der Waals surface area (Å²) in [6, 6.07) is 0. The molecule has 2 fully saturated rings. The van der Waals surface area contributed by atoms with Crippen LogP contribution in [0.4, 0.5) is 0 Å². The number of hydrogen-bond acceptors (Lipinski definition) is 3. The quantitative estimate of drug-likeness (QED) is 0.870. The van der Waals surface area contributed by atoms with Crippen molar-refractivity contribution in [3.8, 4) is 0 Å². The lowest BCUT2D eigenvalue weighted by atomic mass is 9.94. The van der Waals surface area contributed by atoms with Crippen molar-refractivity contribution in [1.82, 2.24) is 4.90 Å². The fraction of sp³-hybridized carbons (Fsp3) is 0.867. The molecule has 0 radical (unpaired) electrons. The van der Waals surface area contributed by atoms with Crippen LogP contribution in [0.15, 0.2) is 0 Å². The smallest absolute Gasteiger partial charge is 0.307 e. The average molecular weight is 299 g/mol. The Balaban J connectivity index is 2.08. The number of aliphatic carboxylic acids is 1. The van der Waals surface area contributed by atoms with Gasteiger partial charge in [-0.25, -0.2) is 0 Å². The Hall–Kier alpha value is -0.710. The van der Waals surface area contributed by atoms with Crippen molar-refractivity contribution in [1.29, 1.82) is 0 Å². The average Bonchev–Trinajstić information content (AvgIpc) is 2.81. The summed E-state index contributed by atoms with van der Waals surface area (Å²) in [6.45, 7) is 7.87. The highest BCUT2D eigenvalue weighted by molar-refractivity contribution is 8.00. The van der Waals surface area contributed by atoms with E-state index in [0.29, 0.717) is 12.3 Å². The number of carbonyl (C=O) groups excluding carboxylic acids is 1. The lowest BCUT2D eigenvalue weighted by Crippen LogP contribution is -2.49. The van der Waals surface area contributed by atoms with Crippen LogP contribution in [0.5, 0.6) is 0 Å². The molecule has 1 N–H and O–H groups in total. The SMILES string of the molecule is CCC1CC(C(=O)O)C(C(=O)N2CCSC(C)(C)C2)C1. The minimum Gasteiger partial charge on any atom is -0.481 e. The summed E-state index contributed by atoms with van der Waals surface area (Å²) >= 11 is 1.89. The lowest BCUT2D eigenvalue weighted by Gasteiger charge is -2.39. The van der Waals surface area contributed by atoms with Crippen molar-refractivity contribution in [2.75, 3.05) is 18.8 Å². The number of carboxylic acid groups (broad SMARTS) is 1. The van der Waals surface area contributed by atoms with E-state index in [9.17, 15) is 14.7 Å². The fourth-order valence-corrected chi connectivity index (χ4v) is 4.57. The van der Waals surface area contributed by atoms with Gasteiger partial charge in [-0.2, -0.15) is 11.8 Å². The van der Waals surface area contributed by atoms with Crippen LogP contribution < -0.4 is 0 Å². The van der Waals surface area contributed by atoms with Crippen molar-refractivity contribution < 1.29 is 14.7 Å². The molecule has 2 aliphatic rings. The van der Waals surface area contributed by atoms with E-state index in [-0.39, 0.29) is 16.6 Å². The third kappa shape index (κ3) is 3.30. The Morgan fingerprint density at radius 2 is 1.95 bits per heavy atom. The Morgan fingerprint density at radius 3 is 2.50 bits per heavy atom. The zero-order valence-corrected chi connectivity index (χ0v) is 13.4. The first-order valence-electron chi connectivity index (χ1n) is 7.49. The molecule has 0 aromatic heterocycles. The predicted octanol–water partition coefficient (Wildman–Crippen LogP) is 2.48. The van der Waals surface area contributed by atoms with Crippen LogP contribution in [0.2, 0.25) is 0 Å². The van der Waals surface area contributed by atoms with E-state index in [1.165, 1.54) is 0 Å². The molecular weight excluding hydrogens is 274 g/mol. The summed E-state index contributed by atoms with van der Waals surface area (Å²) < 4.78 is 0.0788. The van der Waals surface area contributed by atoms with E-state index in [0.717, 1.165) is 31.7 Å². The van der Waals surface area contributed by atoms with E-state index < -0.39 is 11.9 Å². The molecule has 1 saturated heterocycles. The van der Waals surface area contributed by atoms with E-state index in [4.69, 9.17) is 0 Å². The minimum absolute atomic E-state index is 0.0710. The summed E-state index contributed by atoms with van der Waals surface area (Å²) in [7, 11) is 0. The highest BCUT2D eigenvalue weighted by atomic mass is 32.2. The van der Waals surface area contributed by atoms with Crippen molar-refractivity contribution in [2.24, 2.45) is 17.8 Å². The van der Waals surface area contributed by atoms with E-state index in [1.807, 2.05) is 16.7 Å². The van der Waals surface area contributed by atoms with Crippen LogP contribution in [-0.4, -0.2) is 45.5 Å². The monoisotopic (exact) mass is 299 g/mol. The van der Waals surface area contributed by atoms with Crippen molar-refractivity contribution >= 4 is 23.6 Å². The molecule has 0 aromatic carbocycles. The van der Waals surface area contributed by atoms with Crippen LogP contribution >= 0.6 is 11.8 Å². The van der Waals surface area contributed by atoms with Crippen LogP contribution in [0, 0.1) is 17.8 Å². The summed E-state index contributed by atoms with van der Waals surface area (Å²) in [6.07, 6.45) is 2.37. The second-order valence-corrected chi connectivity index (χ2v) is 8.47. The highest BCUT2D eigenvalue weighted by Crippen LogP contribution is 2.40. The third-order valence-corrected chi connectivity index (χ3v) is 5.91. The van der Waals surface area contributed by atoms with E-state index in [1.54, 1.807) is 0 Å². The molecule has 0 bridgehead atoms. The van der Waals surface area contributed by atoms with E-state index in [2.05, 4.69) is 20.8 Å². The molecule has 2 rings (SSSR count). The summed E-state index contributed by atoms with van der Waals surface area (Å²) in [5, 5.41) is 9.37. The first-order chi connectivity index (χ1) is 9.34. The molecule has 0 spiro atoms.